The maximum Gasteiger partial charge on any atom is 0.261 e. The highest BCUT2D eigenvalue weighted by Crippen LogP contribution is 2.24. The number of carbonyl (C=O) groups excluding carboxylic acids is 2. The predicted octanol–water partition coefficient (Wildman–Crippen LogP) is 4.95. The SMILES string of the molecule is CC[C@H](C(=O)NCC(C)C)N(Cc1ccc(OC)cc1)C(=O)COc1ccc(C(C)(C)C)cc1. The molecule has 186 valence electrons. The first-order chi connectivity index (χ1) is 16.0. The fraction of sp³-hybridized carbons (Fsp3) is 0.500. The number of nitrogens with one attached hydrogen (secondary N) is 1. The molecule has 34 heavy (non-hydrogen) atoms. The smallest absolute Gasteiger partial charge is 0.261 e. The Balaban J connectivity index is 2.18. The van der Waals surface area contributed by atoms with Crippen LogP contribution in [0.15, 0.2) is 48.5 Å². The normalized spacial score (nSPS) is 12.2. The Kier molecular flexibility index (Phi) is 9.97. The van der Waals surface area contributed by atoms with Gasteiger partial charge in [0.05, 0.1) is 7.11 Å². The lowest BCUT2D eigenvalue weighted by Gasteiger charge is -2.31. The Labute approximate surface area is 204 Å². The molecule has 2 aromatic rings. The number of ether oxygens (including phenoxy) is 2. The lowest BCUT2D eigenvalue weighted by Crippen LogP contribution is -2.50. The Morgan fingerprint density at radius 3 is 2.06 bits per heavy atom. The average Bonchev–Trinajstić information content (AvgIpc) is 2.81. The highest BCUT2D eigenvalue weighted by molar-refractivity contribution is 5.88. The molecule has 0 aromatic heterocycles. The van der Waals surface area contributed by atoms with Crippen LogP contribution < -0.4 is 14.8 Å². The van der Waals surface area contributed by atoms with Gasteiger partial charge in [0.1, 0.15) is 17.5 Å². The minimum atomic E-state index is -0.583. The lowest BCUT2D eigenvalue weighted by molar-refractivity contribution is -0.143. The summed E-state index contributed by atoms with van der Waals surface area (Å²) in [5.41, 5.74) is 2.15. The van der Waals surface area contributed by atoms with Gasteiger partial charge in [-0.2, -0.15) is 0 Å². The second-order valence-electron chi connectivity index (χ2n) is 10.00. The molecule has 0 spiro atoms. The van der Waals surface area contributed by atoms with Gasteiger partial charge < -0.3 is 19.7 Å². The number of nitrogens with zero attached hydrogens (tertiary/aromatic N) is 1. The molecule has 0 radical (unpaired) electrons. The maximum absolute atomic E-state index is 13.3. The third kappa shape index (κ3) is 8.08. The summed E-state index contributed by atoms with van der Waals surface area (Å²) in [6.45, 7) is 13.2. The molecule has 0 heterocycles. The maximum atomic E-state index is 13.3. The van der Waals surface area contributed by atoms with E-state index >= 15 is 0 Å². The van der Waals surface area contributed by atoms with Crippen molar-refractivity contribution in [3.05, 3.63) is 59.7 Å². The highest BCUT2D eigenvalue weighted by Gasteiger charge is 2.29. The quantitative estimate of drug-likeness (QED) is 0.507. The fourth-order valence-corrected chi connectivity index (χ4v) is 3.55. The molecule has 1 N–H and O–H groups in total. The summed E-state index contributed by atoms with van der Waals surface area (Å²) in [5.74, 6) is 1.31. The summed E-state index contributed by atoms with van der Waals surface area (Å²) in [6, 6.07) is 14.7. The van der Waals surface area contributed by atoms with Crippen molar-refractivity contribution in [2.45, 2.75) is 66.0 Å². The third-order valence-corrected chi connectivity index (χ3v) is 5.67. The number of hydrogen-bond acceptors (Lipinski definition) is 4. The third-order valence-electron chi connectivity index (χ3n) is 5.67. The molecule has 0 saturated heterocycles. The molecule has 0 bridgehead atoms. The van der Waals surface area contributed by atoms with Gasteiger partial charge in [0.25, 0.3) is 5.91 Å². The van der Waals surface area contributed by atoms with Crippen molar-refractivity contribution in [3.63, 3.8) is 0 Å². The van der Waals surface area contributed by atoms with Crippen molar-refractivity contribution in [3.8, 4) is 11.5 Å². The Hall–Kier alpha value is -3.02. The summed E-state index contributed by atoms with van der Waals surface area (Å²) < 4.78 is 11.1. The van der Waals surface area contributed by atoms with Gasteiger partial charge >= 0.3 is 0 Å². The van der Waals surface area contributed by atoms with Crippen LogP contribution in [-0.2, 0) is 21.5 Å². The van der Waals surface area contributed by atoms with Gasteiger partial charge in [-0.25, -0.2) is 0 Å². The van der Waals surface area contributed by atoms with E-state index in [1.54, 1.807) is 12.0 Å². The molecule has 2 aromatic carbocycles. The van der Waals surface area contributed by atoms with Crippen molar-refractivity contribution in [1.29, 1.82) is 0 Å². The van der Waals surface area contributed by atoms with Crippen LogP contribution in [0.5, 0.6) is 11.5 Å². The van der Waals surface area contributed by atoms with E-state index in [4.69, 9.17) is 9.47 Å². The van der Waals surface area contributed by atoms with Crippen molar-refractivity contribution in [2.75, 3.05) is 20.3 Å². The van der Waals surface area contributed by atoms with Gasteiger partial charge in [0, 0.05) is 13.1 Å². The number of benzene rings is 2. The summed E-state index contributed by atoms with van der Waals surface area (Å²) in [5, 5.41) is 2.97. The Morgan fingerprint density at radius 2 is 1.56 bits per heavy atom. The Morgan fingerprint density at radius 1 is 0.971 bits per heavy atom. The average molecular weight is 469 g/mol. The largest absolute Gasteiger partial charge is 0.497 e. The van der Waals surface area contributed by atoms with Crippen LogP contribution >= 0.6 is 0 Å². The highest BCUT2D eigenvalue weighted by atomic mass is 16.5. The molecule has 2 rings (SSSR count). The number of rotatable bonds is 11. The van der Waals surface area contributed by atoms with E-state index in [-0.39, 0.29) is 23.8 Å². The van der Waals surface area contributed by atoms with Crippen LogP contribution in [0.1, 0.15) is 59.1 Å². The van der Waals surface area contributed by atoms with E-state index in [1.807, 2.05) is 69.3 Å². The van der Waals surface area contributed by atoms with E-state index in [0.717, 1.165) is 11.3 Å². The molecule has 1 atom stereocenters. The zero-order valence-electron chi connectivity index (χ0n) is 21.7. The van der Waals surface area contributed by atoms with Crippen molar-refractivity contribution < 1.29 is 19.1 Å². The second kappa shape index (κ2) is 12.4. The molecule has 0 aliphatic heterocycles. The molecule has 0 saturated carbocycles. The van der Waals surface area contributed by atoms with E-state index in [0.29, 0.717) is 31.2 Å². The number of amides is 2. The van der Waals surface area contributed by atoms with Crippen LogP contribution in [0.25, 0.3) is 0 Å². The minimum Gasteiger partial charge on any atom is -0.497 e. The summed E-state index contributed by atoms with van der Waals surface area (Å²) in [4.78, 5) is 27.9. The molecule has 0 unspecified atom stereocenters. The zero-order valence-corrected chi connectivity index (χ0v) is 21.7. The number of methoxy groups -OCH3 is 1. The van der Waals surface area contributed by atoms with E-state index < -0.39 is 6.04 Å². The van der Waals surface area contributed by atoms with Crippen molar-refractivity contribution in [1.82, 2.24) is 10.2 Å². The van der Waals surface area contributed by atoms with Crippen LogP contribution in [0, 0.1) is 5.92 Å². The number of hydrogen-bond donors (Lipinski definition) is 1. The molecule has 0 aliphatic carbocycles. The van der Waals surface area contributed by atoms with Gasteiger partial charge in [-0.15, -0.1) is 0 Å². The van der Waals surface area contributed by atoms with Gasteiger partial charge in [0.15, 0.2) is 6.61 Å². The first-order valence-corrected chi connectivity index (χ1v) is 12.0. The molecular formula is C28H40N2O4. The van der Waals surface area contributed by atoms with Gasteiger partial charge in [-0.1, -0.05) is 65.8 Å². The zero-order chi connectivity index (χ0) is 25.3. The van der Waals surface area contributed by atoms with Crippen LogP contribution in [0.4, 0.5) is 0 Å². The lowest BCUT2D eigenvalue weighted by atomic mass is 9.87. The number of carbonyl (C=O) groups is 2. The monoisotopic (exact) mass is 468 g/mol. The summed E-state index contributed by atoms with van der Waals surface area (Å²) in [7, 11) is 1.61. The molecule has 0 aliphatic rings. The summed E-state index contributed by atoms with van der Waals surface area (Å²) >= 11 is 0. The summed E-state index contributed by atoms with van der Waals surface area (Å²) in [6.07, 6.45) is 0.506. The molecule has 6 heteroatoms. The van der Waals surface area contributed by atoms with Gasteiger partial charge in [0.2, 0.25) is 5.91 Å². The Bertz CT molecular complexity index is 915. The van der Waals surface area contributed by atoms with Gasteiger partial charge in [-0.05, 0) is 53.1 Å². The second-order valence-corrected chi connectivity index (χ2v) is 10.00. The topological polar surface area (TPSA) is 67.9 Å². The first kappa shape index (κ1) is 27.2. The standard InChI is InChI=1S/C28H40N2O4/c1-8-25(27(32)29-17-20(2)3)30(18-21-9-13-23(33-7)14-10-21)26(31)19-34-24-15-11-22(12-16-24)28(4,5)6/h9-16,20,25H,8,17-19H2,1-7H3,(H,29,32)/t25-/m1/s1. The fourth-order valence-electron chi connectivity index (χ4n) is 3.55. The van der Waals surface area contributed by atoms with E-state index in [1.165, 1.54) is 5.56 Å². The van der Waals surface area contributed by atoms with Crippen LogP contribution in [0.2, 0.25) is 0 Å². The molecule has 6 nitrogen and oxygen atoms in total. The first-order valence-electron chi connectivity index (χ1n) is 12.0. The predicted molar refractivity (Wildman–Crippen MR) is 136 cm³/mol. The van der Waals surface area contributed by atoms with Gasteiger partial charge in [-0.3, -0.25) is 9.59 Å². The van der Waals surface area contributed by atoms with Crippen molar-refractivity contribution in [2.24, 2.45) is 5.92 Å². The molecule has 2 amide bonds. The van der Waals surface area contributed by atoms with E-state index in [9.17, 15) is 9.59 Å². The van der Waals surface area contributed by atoms with E-state index in [2.05, 4.69) is 26.1 Å². The molecule has 0 fully saturated rings. The van der Waals surface area contributed by atoms with Crippen LogP contribution in [-0.4, -0.2) is 43.0 Å². The van der Waals surface area contributed by atoms with Crippen LogP contribution in [0.3, 0.4) is 0 Å². The van der Waals surface area contributed by atoms with Crippen molar-refractivity contribution >= 4 is 11.8 Å². The molecular weight excluding hydrogens is 428 g/mol. The minimum absolute atomic E-state index is 0.0429.